The minimum atomic E-state index is 0.600. The zero-order chi connectivity index (χ0) is 15.3. The number of hydrogen-bond donors (Lipinski definition) is 1. The van der Waals surface area contributed by atoms with Crippen LogP contribution in [0.25, 0.3) is 0 Å². The quantitative estimate of drug-likeness (QED) is 0.549. The molecule has 1 aromatic carbocycles. The molecule has 0 fully saturated rings. The maximum absolute atomic E-state index is 5.18. The molecule has 0 aliphatic rings. The minimum absolute atomic E-state index is 0.600. The molecule has 1 unspecified atom stereocenters. The van der Waals surface area contributed by atoms with Crippen LogP contribution < -0.4 is 10.1 Å². The lowest BCUT2D eigenvalue weighted by atomic mass is 10.1. The van der Waals surface area contributed by atoms with Crippen molar-refractivity contribution >= 4 is 0 Å². The Bertz CT molecular complexity index is 347. The van der Waals surface area contributed by atoms with Gasteiger partial charge in [-0.15, -0.1) is 0 Å². The van der Waals surface area contributed by atoms with Crippen molar-refractivity contribution in [2.24, 2.45) is 0 Å². The molecular weight excluding hydrogens is 258 g/mol. The lowest BCUT2D eigenvalue weighted by Crippen LogP contribution is -2.27. The Balaban J connectivity index is 2.03. The smallest absolute Gasteiger partial charge is 0.118 e. The Hall–Kier alpha value is -1.02. The van der Waals surface area contributed by atoms with Gasteiger partial charge in [0.25, 0.3) is 0 Å². The number of unbranched alkanes of at least 4 members (excludes halogenated alkanes) is 5. The number of nitrogens with one attached hydrogen (secondary N) is 1. The first-order valence-corrected chi connectivity index (χ1v) is 8.62. The van der Waals surface area contributed by atoms with Crippen molar-refractivity contribution in [3.8, 4) is 5.75 Å². The van der Waals surface area contributed by atoms with Gasteiger partial charge in [-0.1, -0.05) is 51.2 Å². The molecule has 0 spiro atoms. The topological polar surface area (TPSA) is 21.3 Å². The standard InChI is InChI=1S/C19H33NO/c1-4-5-6-7-8-9-16-20-17(2)10-11-18-12-14-19(21-3)15-13-18/h12-15,17,20H,4-11,16H2,1-3H3. The van der Waals surface area contributed by atoms with E-state index in [9.17, 15) is 0 Å². The maximum Gasteiger partial charge on any atom is 0.118 e. The summed E-state index contributed by atoms with van der Waals surface area (Å²) < 4.78 is 5.18. The first-order valence-electron chi connectivity index (χ1n) is 8.62. The summed E-state index contributed by atoms with van der Waals surface area (Å²) in [7, 11) is 1.71. The summed E-state index contributed by atoms with van der Waals surface area (Å²) in [4.78, 5) is 0. The van der Waals surface area contributed by atoms with E-state index in [-0.39, 0.29) is 0 Å². The van der Waals surface area contributed by atoms with E-state index in [1.807, 2.05) is 12.1 Å². The molecular formula is C19H33NO. The van der Waals surface area contributed by atoms with E-state index < -0.39 is 0 Å². The van der Waals surface area contributed by atoms with E-state index in [1.54, 1.807) is 7.11 Å². The Labute approximate surface area is 131 Å². The molecule has 0 saturated carbocycles. The highest BCUT2D eigenvalue weighted by molar-refractivity contribution is 5.27. The second kappa shape index (κ2) is 11.6. The van der Waals surface area contributed by atoms with Crippen LogP contribution in [-0.4, -0.2) is 19.7 Å². The zero-order valence-corrected chi connectivity index (χ0v) is 14.2. The van der Waals surface area contributed by atoms with Crippen LogP contribution in [0.15, 0.2) is 24.3 Å². The molecule has 0 heterocycles. The summed E-state index contributed by atoms with van der Waals surface area (Å²) in [5.41, 5.74) is 1.39. The molecule has 0 saturated heterocycles. The lowest BCUT2D eigenvalue weighted by Gasteiger charge is -2.14. The van der Waals surface area contributed by atoms with Gasteiger partial charge in [0.05, 0.1) is 7.11 Å². The van der Waals surface area contributed by atoms with Crippen LogP contribution in [0.4, 0.5) is 0 Å². The van der Waals surface area contributed by atoms with Crippen LogP contribution >= 0.6 is 0 Å². The maximum atomic E-state index is 5.18. The number of benzene rings is 1. The average molecular weight is 291 g/mol. The highest BCUT2D eigenvalue weighted by atomic mass is 16.5. The predicted molar refractivity (Wildman–Crippen MR) is 92.2 cm³/mol. The Morgan fingerprint density at radius 2 is 1.67 bits per heavy atom. The fourth-order valence-corrected chi connectivity index (χ4v) is 2.53. The van der Waals surface area contributed by atoms with E-state index in [0.29, 0.717) is 6.04 Å². The van der Waals surface area contributed by atoms with Crippen LogP contribution in [0.1, 0.15) is 64.4 Å². The number of ether oxygens (including phenoxy) is 1. The van der Waals surface area contributed by atoms with Crippen LogP contribution in [0.5, 0.6) is 5.75 Å². The van der Waals surface area contributed by atoms with Crippen molar-refractivity contribution in [2.45, 2.75) is 71.3 Å². The Morgan fingerprint density at radius 3 is 2.33 bits per heavy atom. The number of rotatable bonds is 12. The van der Waals surface area contributed by atoms with Crippen LogP contribution in [-0.2, 0) is 6.42 Å². The summed E-state index contributed by atoms with van der Waals surface area (Å²) in [5, 5.41) is 3.64. The first-order chi connectivity index (χ1) is 10.3. The molecule has 21 heavy (non-hydrogen) atoms. The third-order valence-corrected chi connectivity index (χ3v) is 4.05. The molecule has 0 aliphatic heterocycles. The molecule has 1 rings (SSSR count). The number of aryl methyl sites for hydroxylation is 1. The minimum Gasteiger partial charge on any atom is -0.497 e. The predicted octanol–water partition coefficient (Wildman–Crippen LogP) is 4.97. The third kappa shape index (κ3) is 8.77. The molecule has 0 bridgehead atoms. The summed E-state index contributed by atoms with van der Waals surface area (Å²) in [6, 6.07) is 9.02. The number of methoxy groups -OCH3 is 1. The van der Waals surface area contributed by atoms with Gasteiger partial charge in [-0.25, -0.2) is 0 Å². The van der Waals surface area contributed by atoms with Gasteiger partial charge in [0.2, 0.25) is 0 Å². The summed E-state index contributed by atoms with van der Waals surface area (Å²) in [5.74, 6) is 0.938. The average Bonchev–Trinajstić information content (AvgIpc) is 2.52. The van der Waals surface area contributed by atoms with E-state index >= 15 is 0 Å². The highest BCUT2D eigenvalue weighted by Gasteiger charge is 2.02. The van der Waals surface area contributed by atoms with E-state index in [2.05, 4.69) is 31.3 Å². The van der Waals surface area contributed by atoms with Crippen LogP contribution in [0.3, 0.4) is 0 Å². The fraction of sp³-hybridized carbons (Fsp3) is 0.684. The fourth-order valence-electron chi connectivity index (χ4n) is 2.53. The van der Waals surface area contributed by atoms with Gasteiger partial charge in [0, 0.05) is 6.04 Å². The largest absolute Gasteiger partial charge is 0.497 e. The summed E-state index contributed by atoms with van der Waals surface area (Å²) >= 11 is 0. The molecule has 0 amide bonds. The SMILES string of the molecule is CCCCCCCCNC(C)CCc1ccc(OC)cc1. The summed E-state index contributed by atoms with van der Waals surface area (Å²) in [6.45, 7) is 5.72. The molecule has 2 heteroatoms. The first kappa shape index (κ1) is 18.0. The molecule has 120 valence electrons. The van der Waals surface area contributed by atoms with Gasteiger partial charge in [-0.3, -0.25) is 0 Å². The van der Waals surface area contributed by atoms with Gasteiger partial charge in [0.15, 0.2) is 0 Å². The van der Waals surface area contributed by atoms with Gasteiger partial charge < -0.3 is 10.1 Å². The molecule has 1 N–H and O–H groups in total. The Morgan fingerprint density at radius 1 is 1.00 bits per heavy atom. The van der Waals surface area contributed by atoms with E-state index in [0.717, 1.165) is 18.7 Å². The number of hydrogen-bond acceptors (Lipinski definition) is 2. The van der Waals surface area contributed by atoms with Crippen molar-refractivity contribution in [3.63, 3.8) is 0 Å². The van der Waals surface area contributed by atoms with Crippen molar-refractivity contribution in [1.29, 1.82) is 0 Å². The molecule has 0 radical (unpaired) electrons. The van der Waals surface area contributed by atoms with Crippen molar-refractivity contribution in [3.05, 3.63) is 29.8 Å². The summed E-state index contributed by atoms with van der Waals surface area (Å²) in [6.07, 6.45) is 10.6. The molecule has 2 nitrogen and oxygen atoms in total. The highest BCUT2D eigenvalue weighted by Crippen LogP contribution is 2.13. The lowest BCUT2D eigenvalue weighted by molar-refractivity contribution is 0.414. The van der Waals surface area contributed by atoms with E-state index in [1.165, 1.54) is 50.5 Å². The van der Waals surface area contributed by atoms with Crippen LogP contribution in [0.2, 0.25) is 0 Å². The van der Waals surface area contributed by atoms with Gasteiger partial charge in [-0.2, -0.15) is 0 Å². The van der Waals surface area contributed by atoms with Crippen molar-refractivity contribution < 1.29 is 4.74 Å². The third-order valence-electron chi connectivity index (χ3n) is 4.05. The molecule has 0 aliphatic carbocycles. The van der Waals surface area contributed by atoms with Crippen molar-refractivity contribution in [1.82, 2.24) is 5.32 Å². The normalized spacial score (nSPS) is 12.3. The second-order valence-electron chi connectivity index (χ2n) is 6.01. The Kier molecular flexibility index (Phi) is 9.98. The van der Waals surface area contributed by atoms with Crippen molar-refractivity contribution in [2.75, 3.05) is 13.7 Å². The molecule has 1 atom stereocenters. The van der Waals surface area contributed by atoms with Crippen LogP contribution in [0, 0.1) is 0 Å². The second-order valence-corrected chi connectivity index (χ2v) is 6.01. The molecule has 0 aromatic heterocycles. The van der Waals surface area contributed by atoms with Gasteiger partial charge >= 0.3 is 0 Å². The monoisotopic (exact) mass is 291 g/mol. The zero-order valence-electron chi connectivity index (χ0n) is 14.2. The van der Waals surface area contributed by atoms with Gasteiger partial charge in [0.1, 0.15) is 5.75 Å². The molecule has 1 aromatic rings. The van der Waals surface area contributed by atoms with Gasteiger partial charge in [-0.05, 0) is 50.4 Å². The van der Waals surface area contributed by atoms with E-state index in [4.69, 9.17) is 4.74 Å².